The summed E-state index contributed by atoms with van der Waals surface area (Å²) in [4.78, 5) is 22.4. The van der Waals surface area contributed by atoms with Gasteiger partial charge in [-0.2, -0.15) is 0 Å². The van der Waals surface area contributed by atoms with Crippen molar-refractivity contribution in [3.8, 4) is 0 Å². The van der Waals surface area contributed by atoms with E-state index in [0.717, 1.165) is 16.8 Å². The molecule has 0 aliphatic carbocycles. The molecule has 0 spiro atoms. The molecule has 90 valence electrons. The minimum absolute atomic E-state index is 0.0164. The van der Waals surface area contributed by atoms with E-state index in [1.807, 2.05) is 6.07 Å². The average Bonchev–Trinajstić information content (AvgIpc) is 2.28. The molecule has 0 atom stereocenters. The lowest BCUT2D eigenvalue weighted by Gasteiger charge is -2.23. The third-order valence-corrected chi connectivity index (χ3v) is 3.26. The SMILES string of the molecule is CC(C)(C(=O)O)c1ccc2c(c1)CCC(=O)N2. The van der Waals surface area contributed by atoms with Gasteiger partial charge in [0.15, 0.2) is 0 Å². The molecule has 0 aromatic heterocycles. The third kappa shape index (κ3) is 2.02. The number of carbonyl (C=O) groups excluding carboxylic acids is 1. The Morgan fingerprint density at radius 2 is 2.06 bits per heavy atom. The lowest BCUT2D eigenvalue weighted by atomic mass is 9.83. The van der Waals surface area contributed by atoms with Gasteiger partial charge in [0.25, 0.3) is 0 Å². The Morgan fingerprint density at radius 3 is 2.71 bits per heavy atom. The second kappa shape index (κ2) is 3.87. The number of carboxylic acid groups (broad SMARTS) is 1. The van der Waals surface area contributed by atoms with Gasteiger partial charge in [0.2, 0.25) is 5.91 Å². The summed E-state index contributed by atoms with van der Waals surface area (Å²) in [7, 11) is 0. The first-order valence-electron chi connectivity index (χ1n) is 5.58. The molecular weight excluding hydrogens is 218 g/mol. The van der Waals surface area contributed by atoms with Gasteiger partial charge in [0.1, 0.15) is 0 Å². The summed E-state index contributed by atoms with van der Waals surface area (Å²) < 4.78 is 0. The van der Waals surface area contributed by atoms with E-state index in [-0.39, 0.29) is 5.91 Å². The highest BCUT2D eigenvalue weighted by molar-refractivity contribution is 5.94. The van der Waals surface area contributed by atoms with Crippen LogP contribution < -0.4 is 5.32 Å². The molecule has 0 saturated heterocycles. The van der Waals surface area contributed by atoms with Gasteiger partial charge in [-0.15, -0.1) is 0 Å². The Morgan fingerprint density at radius 1 is 1.35 bits per heavy atom. The highest BCUT2D eigenvalue weighted by atomic mass is 16.4. The van der Waals surface area contributed by atoms with E-state index in [4.69, 9.17) is 0 Å². The maximum absolute atomic E-state index is 11.2. The predicted molar refractivity (Wildman–Crippen MR) is 64.1 cm³/mol. The molecule has 2 N–H and O–H groups in total. The Kier molecular flexibility index (Phi) is 2.65. The molecule has 1 aromatic carbocycles. The van der Waals surface area contributed by atoms with Crippen molar-refractivity contribution in [1.82, 2.24) is 0 Å². The molecule has 0 radical (unpaired) electrons. The van der Waals surface area contributed by atoms with Crippen molar-refractivity contribution in [3.63, 3.8) is 0 Å². The minimum atomic E-state index is -0.906. The second-order valence-corrected chi connectivity index (χ2v) is 4.85. The molecule has 0 unspecified atom stereocenters. The van der Waals surface area contributed by atoms with Crippen molar-refractivity contribution < 1.29 is 14.7 Å². The van der Waals surface area contributed by atoms with Crippen LogP contribution in [0.15, 0.2) is 18.2 Å². The summed E-state index contributed by atoms with van der Waals surface area (Å²) in [5.74, 6) is -0.833. The molecule has 0 fully saturated rings. The van der Waals surface area contributed by atoms with Gasteiger partial charge in [-0.1, -0.05) is 12.1 Å². The molecule has 1 aliphatic rings. The number of carbonyl (C=O) groups is 2. The average molecular weight is 233 g/mol. The van der Waals surface area contributed by atoms with Gasteiger partial charge in [-0.3, -0.25) is 9.59 Å². The lowest BCUT2D eigenvalue weighted by Crippen LogP contribution is -2.29. The van der Waals surface area contributed by atoms with E-state index >= 15 is 0 Å². The molecule has 1 aliphatic heterocycles. The number of anilines is 1. The first-order valence-corrected chi connectivity index (χ1v) is 5.58. The first kappa shape index (κ1) is 11.6. The number of aliphatic carboxylic acids is 1. The standard InChI is InChI=1S/C13H15NO3/c1-13(2,12(16)17)9-4-5-10-8(7-9)3-6-11(15)14-10/h4-5,7H,3,6H2,1-2H3,(H,14,15)(H,16,17). The van der Waals surface area contributed by atoms with Crippen LogP contribution in [-0.2, 0) is 21.4 Å². The van der Waals surface area contributed by atoms with Crippen LogP contribution in [0.5, 0.6) is 0 Å². The van der Waals surface area contributed by atoms with E-state index in [1.54, 1.807) is 26.0 Å². The zero-order valence-corrected chi connectivity index (χ0v) is 9.91. The molecule has 17 heavy (non-hydrogen) atoms. The van der Waals surface area contributed by atoms with E-state index in [0.29, 0.717) is 12.8 Å². The van der Waals surface area contributed by atoms with E-state index < -0.39 is 11.4 Å². The molecule has 2 rings (SSSR count). The number of aryl methyl sites for hydroxylation is 1. The number of hydrogen-bond acceptors (Lipinski definition) is 2. The molecule has 1 amide bonds. The Bertz CT molecular complexity index is 491. The Balaban J connectivity index is 2.41. The number of amides is 1. The van der Waals surface area contributed by atoms with Crippen LogP contribution in [0.4, 0.5) is 5.69 Å². The molecule has 0 saturated carbocycles. The number of carboxylic acids is 1. The predicted octanol–water partition coefficient (Wildman–Crippen LogP) is 1.93. The molecule has 4 nitrogen and oxygen atoms in total. The number of rotatable bonds is 2. The van der Waals surface area contributed by atoms with Crippen molar-refractivity contribution in [1.29, 1.82) is 0 Å². The fourth-order valence-corrected chi connectivity index (χ4v) is 1.90. The van der Waals surface area contributed by atoms with Crippen LogP contribution in [0.1, 0.15) is 31.4 Å². The summed E-state index contributed by atoms with van der Waals surface area (Å²) in [5.41, 5.74) is 1.67. The van der Waals surface area contributed by atoms with Crippen molar-refractivity contribution in [2.24, 2.45) is 0 Å². The van der Waals surface area contributed by atoms with E-state index in [1.165, 1.54) is 0 Å². The van der Waals surface area contributed by atoms with Gasteiger partial charge >= 0.3 is 5.97 Å². The third-order valence-electron chi connectivity index (χ3n) is 3.26. The van der Waals surface area contributed by atoms with Crippen LogP contribution >= 0.6 is 0 Å². The smallest absolute Gasteiger partial charge is 0.313 e. The minimum Gasteiger partial charge on any atom is -0.481 e. The maximum atomic E-state index is 11.2. The molecule has 4 heteroatoms. The highest BCUT2D eigenvalue weighted by Crippen LogP contribution is 2.30. The number of benzene rings is 1. The summed E-state index contributed by atoms with van der Waals surface area (Å²) in [6, 6.07) is 5.42. The lowest BCUT2D eigenvalue weighted by molar-refractivity contribution is -0.142. The van der Waals surface area contributed by atoms with Crippen molar-refractivity contribution in [2.75, 3.05) is 5.32 Å². The number of nitrogens with one attached hydrogen (secondary N) is 1. The van der Waals surface area contributed by atoms with Gasteiger partial charge in [0.05, 0.1) is 5.41 Å². The molecular formula is C13H15NO3. The number of fused-ring (bicyclic) bond motifs is 1. The van der Waals surface area contributed by atoms with Crippen LogP contribution in [-0.4, -0.2) is 17.0 Å². The summed E-state index contributed by atoms with van der Waals surface area (Å²) >= 11 is 0. The van der Waals surface area contributed by atoms with E-state index in [9.17, 15) is 14.7 Å². The Labute approximate surface area is 99.6 Å². The largest absolute Gasteiger partial charge is 0.481 e. The van der Waals surface area contributed by atoms with Crippen LogP contribution in [0.25, 0.3) is 0 Å². The zero-order valence-electron chi connectivity index (χ0n) is 9.91. The number of hydrogen-bond donors (Lipinski definition) is 2. The van der Waals surface area contributed by atoms with Crippen LogP contribution in [0, 0.1) is 0 Å². The zero-order chi connectivity index (χ0) is 12.6. The van der Waals surface area contributed by atoms with Gasteiger partial charge in [-0.25, -0.2) is 0 Å². The molecule has 1 aromatic rings. The van der Waals surface area contributed by atoms with Crippen LogP contribution in [0.3, 0.4) is 0 Å². The van der Waals surface area contributed by atoms with Crippen molar-refractivity contribution in [3.05, 3.63) is 29.3 Å². The topological polar surface area (TPSA) is 66.4 Å². The van der Waals surface area contributed by atoms with Crippen LogP contribution in [0.2, 0.25) is 0 Å². The quantitative estimate of drug-likeness (QED) is 0.820. The van der Waals surface area contributed by atoms with E-state index in [2.05, 4.69) is 5.32 Å². The fourth-order valence-electron chi connectivity index (χ4n) is 1.90. The maximum Gasteiger partial charge on any atom is 0.313 e. The highest BCUT2D eigenvalue weighted by Gasteiger charge is 2.30. The fraction of sp³-hybridized carbons (Fsp3) is 0.385. The first-order chi connectivity index (χ1) is 7.91. The normalized spacial score (nSPS) is 15.1. The van der Waals surface area contributed by atoms with Crippen molar-refractivity contribution in [2.45, 2.75) is 32.1 Å². The van der Waals surface area contributed by atoms with Crippen molar-refractivity contribution >= 4 is 17.6 Å². The summed E-state index contributed by atoms with van der Waals surface area (Å²) in [5, 5.41) is 12.0. The van der Waals surface area contributed by atoms with Gasteiger partial charge in [-0.05, 0) is 37.5 Å². The van der Waals surface area contributed by atoms with Gasteiger partial charge < -0.3 is 10.4 Å². The second-order valence-electron chi connectivity index (χ2n) is 4.85. The van der Waals surface area contributed by atoms with Gasteiger partial charge in [0, 0.05) is 12.1 Å². The summed E-state index contributed by atoms with van der Waals surface area (Å²) in [6.45, 7) is 3.36. The monoisotopic (exact) mass is 233 g/mol. The summed E-state index contributed by atoms with van der Waals surface area (Å²) in [6.07, 6.45) is 1.13. The Hall–Kier alpha value is -1.84. The molecule has 0 bridgehead atoms. The molecule has 1 heterocycles.